The van der Waals surface area contributed by atoms with Crippen LogP contribution in [-0.4, -0.2) is 23.9 Å². The second kappa shape index (κ2) is 5.55. The second-order valence-electron chi connectivity index (χ2n) is 3.66. The average Bonchev–Trinajstić information content (AvgIpc) is 2.04. The van der Waals surface area contributed by atoms with Crippen molar-refractivity contribution in [2.75, 3.05) is 13.2 Å². The van der Waals surface area contributed by atoms with Crippen molar-refractivity contribution in [3.8, 4) is 0 Å². The molecule has 0 aromatic carbocycles. The maximum atomic E-state index is 10.00. The molecular formula is C10H22O2. The summed E-state index contributed by atoms with van der Waals surface area (Å²) in [5.74, 6) is 0.263. The summed E-state index contributed by atoms with van der Waals surface area (Å²) in [6, 6.07) is 0. The Morgan fingerprint density at radius 2 is 1.92 bits per heavy atom. The lowest BCUT2D eigenvalue weighted by Crippen LogP contribution is -2.39. The van der Waals surface area contributed by atoms with Crippen molar-refractivity contribution in [2.24, 2.45) is 5.92 Å². The molecule has 0 saturated heterocycles. The van der Waals surface area contributed by atoms with Crippen LogP contribution in [0.15, 0.2) is 0 Å². The maximum absolute atomic E-state index is 10.00. The van der Waals surface area contributed by atoms with Crippen LogP contribution in [0.1, 0.15) is 40.5 Å². The average molecular weight is 174 g/mol. The van der Waals surface area contributed by atoms with Gasteiger partial charge in [-0.3, -0.25) is 0 Å². The fraction of sp³-hybridized carbons (Fsp3) is 1.00. The zero-order valence-electron chi connectivity index (χ0n) is 8.76. The SMILES string of the molecule is CCCOCC(O)(CC)C(C)C. The third-order valence-electron chi connectivity index (χ3n) is 2.39. The Kier molecular flexibility index (Phi) is 5.51. The zero-order valence-corrected chi connectivity index (χ0v) is 8.76. The van der Waals surface area contributed by atoms with E-state index in [-0.39, 0.29) is 5.92 Å². The van der Waals surface area contributed by atoms with Crippen molar-refractivity contribution in [1.29, 1.82) is 0 Å². The Bertz CT molecular complexity index is 112. The maximum Gasteiger partial charge on any atom is 0.0900 e. The largest absolute Gasteiger partial charge is 0.387 e. The predicted molar refractivity (Wildman–Crippen MR) is 51.2 cm³/mol. The molecule has 1 unspecified atom stereocenters. The highest BCUT2D eigenvalue weighted by Crippen LogP contribution is 2.21. The van der Waals surface area contributed by atoms with Crippen molar-refractivity contribution >= 4 is 0 Å². The van der Waals surface area contributed by atoms with Crippen LogP contribution < -0.4 is 0 Å². The molecule has 0 bridgehead atoms. The van der Waals surface area contributed by atoms with Gasteiger partial charge >= 0.3 is 0 Å². The Labute approximate surface area is 75.9 Å². The predicted octanol–water partition coefficient (Wildman–Crippen LogP) is 2.21. The molecule has 2 heteroatoms. The van der Waals surface area contributed by atoms with Gasteiger partial charge in [0.2, 0.25) is 0 Å². The molecular weight excluding hydrogens is 152 g/mol. The van der Waals surface area contributed by atoms with Crippen molar-refractivity contribution in [3.05, 3.63) is 0 Å². The summed E-state index contributed by atoms with van der Waals surface area (Å²) in [4.78, 5) is 0. The highest BCUT2D eigenvalue weighted by Gasteiger charge is 2.28. The molecule has 0 aliphatic heterocycles. The molecule has 0 radical (unpaired) electrons. The standard InChI is InChI=1S/C10H22O2/c1-5-7-12-8-10(11,6-2)9(3)4/h9,11H,5-8H2,1-4H3. The van der Waals surface area contributed by atoms with E-state index in [4.69, 9.17) is 4.74 Å². The van der Waals surface area contributed by atoms with Gasteiger partial charge in [0.15, 0.2) is 0 Å². The van der Waals surface area contributed by atoms with E-state index in [2.05, 4.69) is 6.92 Å². The minimum absolute atomic E-state index is 0.263. The van der Waals surface area contributed by atoms with Gasteiger partial charge in [0.1, 0.15) is 0 Å². The van der Waals surface area contributed by atoms with Gasteiger partial charge < -0.3 is 9.84 Å². The molecule has 1 N–H and O–H groups in total. The monoisotopic (exact) mass is 174 g/mol. The molecule has 2 nitrogen and oxygen atoms in total. The van der Waals surface area contributed by atoms with Gasteiger partial charge in [-0.25, -0.2) is 0 Å². The van der Waals surface area contributed by atoms with Crippen LogP contribution in [0.4, 0.5) is 0 Å². The van der Waals surface area contributed by atoms with E-state index in [1.54, 1.807) is 0 Å². The molecule has 74 valence electrons. The molecule has 0 heterocycles. The van der Waals surface area contributed by atoms with Crippen LogP contribution in [0, 0.1) is 5.92 Å². The minimum atomic E-state index is -0.630. The summed E-state index contributed by atoms with van der Waals surface area (Å²) < 4.78 is 5.35. The van der Waals surface area contributed by atoms with E-state index in [1.165, 1.54) is 0 Å². The highest BCUT2D eigenvalue weighted by atomic mass is 16.5. The summed E-state index contributed by atoms with van der Waals surface area (Å²) in [7, 11) is 0. The number of aliphatic hydroxyl groups is 1. The minimum Gasteiger partial charge on any atom is -0.387 e. The van der Waals surface area contributed by atoms with Crippen LogP contribution in [-0.2, 0) is 4.74 Å². The Hall–Kier alpha value is -0.0800. The molecule has 0 saturated carbocycles. The van der Waals surface area contributed by atoms with E-state index in [1.807, 2.05) is 20.8 Å². The van der Waals surface area contributed by atoms with Crippen molar-refractivity contribution in [2.45, 2.75) is 46.1 Å². The van der Waals surface area contributed by atoms with E-state index >= 15 is 0 Å². The van der Waals surface area contributed by atoms with Gasteiger partial charge in [0.25, 0.3) is 0 Å². The van der Waals surface area contributed by atoms with Gasteiger partial charge in [-0.2, -0.15) is 0 Å². The lowest BCUT2D eigenvalue weighted by Gasteiger charge is -2.30. The van der Waals surface area contributed by atoms with E-state index in [0.29, 0.717) is 6.61 Å². The van der Waals surface area contributed by atoms with Gasteiger partial charge in [-0.1, -0.05) is 27.7 Å². The molecule has 0 fully saturated rings. The van der Waals surface area contributed by atoms with Crippen molar-refractivity contribution in [1.82, 2.24) is 0 Å². The van der Waals surface area contributed by atoms with Gasteiger partial charge in [0.05, 0.1) is 12.2 Å². The first-order valence-electron chi connectivity index (χ1n) is 4.87. The normalized spacial score (nSPS) is 16.5. The molecule has 0 aliphatic carbocycles. The smallest absolute Gasteiger partial charge is 0.0900 e. The first-order chi connectivity index (χ1) is 5.56. The van der Waals surface area contributed by atoms with Gasteiger partial charge in [-0.05, 0) is 18.8 Å². The van der Waals surface area contributed by atoms with Crippen LogP contribution in [0.25, 0.3) is 0 Å². The van der Waals surface area contributed by atoms with E-state index in [0.717, 1.165) is 19.4 Å². The number of ether oxygens (including phenoxy) is 1. The highest BCUT2D eigenvalue weighted by molar-refractivity contribution is 4.79. The molecule has 0 aromatic rings. The summed E-state index contributed by atoms with van der Waals surface area (Å²) in [5.41, 5.74) is -0.630. The van der Waals surface area contributed by atoms with Crippen LogP contribution in [0.2, 0.25) is 0 Å². The summed E-state index contributed by atoms with van der Waals surface area (Å²) >= 11 is 0. The van der Waals surface area contributed by atoms with Crippen molar-refractivity contribution < 1.29 is 9.84 Å². The van der Waals surface area contributed by atoms with Crippen LogP contribution in [0.3, 0.4) is 0 Å². The summed E-state index contributed by atoms with van der Waals surface area (Å²) in [6.45, 7) is 9.33. The fourth-order valence-electron chi connectivity index (χ4n) is 1.07. The molecule has 1 atom stereocenters. The third-order valence-corrected chi connectivity index (χ3v) is 2.39. The van der Waals surface area contributed by atoms with E-state index < -0.39 is 5.60 Å². The topological polar surface area (TPSA) is 29.5 Å². The van der Waals surface area contributed by atoms with E-state index in [9.17, 15) is 5.11 Å². The second-order valence-corrected chi connectivity index (χ2v) is 3.66. The number of hydrogen-bond acceptors (Lipinski definition) is 2. The first-order valence-corrected chi connectivity index (χ1v) is 4.87. The number of hydrogen-bond donors (Lipinski definition) is 1. The zero-order chi connectivity index (χ0) is 9.61. The first kappa shape index (κ1) is 11.9. The fourth-order valence-corrected chi connectivity index (χ4v) is 1.07. The Balaban J connectivity index is 3.80. The lowest BCUT2D eigenvalue weighted by atomic mass is 9.89. The molecule has 0 spiro atoms. The lowest BCUT2D eigenvalue weighted by molar-refractivity contribution is -0.0784. The summed E-state index contributed by atoms with van der Waals surface area (Å²) in [5, 5.41) is 10.00. The molecule has 0 rings (SSSR count). The molecule has 0 aromatic heterocycles. The number of rotatable bonds is 6. The summed E-state index contributed by atoms with van der Waals surface area (Å²) in [6.07, 6.45) is 1.77. The molecule has 0 aliphatic rings. The van der Waals surface area contributed by atoms with Gasteiger partial charge in [0, 0.05) is 6.61 Å². The molecule has 12 heavy (non-hydrogen) atoms. The van der Waals surface area contributed by atoms with Gasteiger partial charge in [-0.15, -0.1) is 0 Å². The quantitative estimate of drug-likeness (QED) is 0.626. The van der Waals surface area contributed by atoms with Crippen molar-refractivity contribution in [3.63, 3.8) is 0 Å². The van der Waals surface area contributed by atoms with Crippen LogP contribution in [0.5, 0.6) is 0 Å². The molecule has 0 amide bonds. The third kappa shape index (κ3) is 3.55. The Morgan fingerprint density at radius 3 is 2.25 bits per heavy atom. The van der Waals surface area contributed by atoms with Crippen LogP contribution >= 0.6 is 0 Å². The Morgan fingerprint density at radius 1 is 1.33 bits per heavy atom.